The fourth-order valence-corrected chi connectivity index (χ4v) is 1.80. The van der Waals surface area contributed by atoms with Crippen LogP contribution in [0, 0.1) is 0 Å². The Morgan fingerprint density at radius 3 is 2.40 bits per heavy atom. The van der Waals surface area contributed by atoms with E-state index in [0.717, 1.165) is 0 Å². The van der Waals surface area contributed by atoms with Gasteiger partial charge in [0.05, 0.1) is 0 Å². The molecule has 0 N–H and O–H groups in total. The number of hydrogen-bond acceptors (Lipinski definition) is 3. The first kappa shape index (κ1) is 14.3. The van der Waals surface area contributed by atoms with Crippen LogP contribution in [0.15, 0.2) is 48.5 Å². The SMILES string of the molecule is CC(=O)c1cccc(OCC(=O)c2ccc(Cl)cc2)c1. The van der Waals surface area contributed by atoms with Crippen molar-refractivity contribution >= 4 is 23.2 Å². The Hall–Kier alpha value is -2.13. The van der Waals surface area contributed by atoms with Crippen molar-refractivity contribution in [3.8, 4) is 5.75 Å². The van der Waals surface area contributed by atoms with Gasteiger partial charge in [0.1, 0.15) is 5.75 Å². The molecule has 0 spiro atoms. The molecular formula is C16H13ClO3. The van der Waals surface area contributed by atoms with Crippen LogP contribution in [0.3, 0.4) is 0 Å². The van der Waals surface area contributed by atoms with Crippen molar-refractivity contribution < 1.29 is 14.3 Å². The number of carbonyl (C=O) groups excluding carboxylic acids is 2. The van der Waals surface area contributed by atoms with Crippen LogP contribution in [0.1, 0.15) is 27.6 Å². The molecule has 0 bridgehead atoms. The van der Waals surface area contributed by atoms with E-state index in [0.29, 0.717) is 21.9 Å². The molecular weight excluding hydrogens is 276 g/mol. The zero-order chi connectivity index (χ0) is 14.5. The van der Waals surface area contributed by atoms with Crippen molar-refractivity contribution in [3.05, 3.63) is 64.7 Å². The minimum absolute atomic E-state index is 0.0422. The highest BCUT2D eigenvalue weighted by Crippen LogP contribution is 2.15. The van der Waals surface area contributed by atoms with Crippen LogP contribution in [-0.4, -0.2) is 18.2 Å². The van der Waals surface area contributed by atoms with E-state index in [1.54, 1.807) is 48.5 Å². The van der Waals surface area contributed by atoms with E-state index < -0.39 is 0 Å². The largest absolute Gasteiger partial charge is 0.485 e. The summed E-state index contributed by atoms with van der Waals surface area (Å²) in [6, 6.07) is 13.4. The van der Waals surface area contributed by atoms with Crippen LogP contribution in [0.2, 0.25) is 5.02 Å². The third-order valence-electron chi connectivity index (χ3n) is 2.78. The molecule has 0 unspecified atom stereocenters. The third-order valence-corrected chi connectivity index (χ3v) is 3.03. The molecule has 2 aromatic rings. The normalized spacial score (nSPS) is 10.1. The van der Waals surface area contributed by atoms with E-state index in [2.05, 4.69) is 0 Å². The van der Waals surface area contributed by atoms with Gasteiger partial charge in [0, 0.05) is 16.1 Å². The third kappa shape index (κ3) is 3.68. The highest BCUT2D eigenvalue weighted by atomic mass is 35.5. The van der Waals surface area contributed by atoms with Crippen molar-refractivity contribution in [2.24, 2.45) is 0 Å². The lowest BCUT2D eigenvalue weighted by Gasteiger charge is -2.06. The Morgan fingerprint density at radius 2 is 1.75 bits per heavy atom. The standard InChI is InChI=1S/C16H13ClO3/c1-11(18)13-3-2-4-15(9-13)20-10-16(19)12-5-7-14(17)8-6-12/h2-9H,10H2,1H3. The van der Waals surface area contributed by atoms with Crippen molar-refractivity contribution in [2.45, 2.75) is 6.92 Å². The molecule has 0 aliphatic carbocycles. The molecule has 20 heavy (non-hydrogen) atoms. The predicted octanol–water partition coefficient (Wildman–Crippen LogP) is 3.80. The summed E-state index contributed by atoms with van der Waals surface area (Å²) in [6.45, 7) is 1.40. The van der Waals surface area contributed by atoms with Gasteiger partial charge in [0.25, 0.3) is 0 Å². The molecule has 0 aromatic heterocycles. The monoisotopic (exact) mass is 288 g/mol. The van der Waals surface area contributed by atoms with Gasteiger partial charge < -0.3 is 4.74 Å². The summed E-state index contributed by atoms with van der Waals surface area (Å²) in [7, 11) is 0. The van der Waals surface area contributed by atoms with Crippen LogP contribution in [0.25, 0.3) is 0 Å². The second kappa shape index (κ2) is 6.35. The molecule has 0 aliphatic heterocycles. The molecule has 0 radical (unpaired) electrons. The lowest BCUT2D eigenvalue weighted by molar-refractivity contribution is 0.0921. The maximum atomic E-state index is 11.9. The molecule has 0 saturated heterocycles. The van der Waals surface area contributed by atoms with Crippen LogP contribution in [0.5, 0.6) is 5.75 Å². The van der Waals surface area contributed by atoms with Crippen LogP contribution in [-0.2, 0) is 0 Å². The van der Waals surface area contributed by atoms with Crippen molar-refractivity contribution in [1.29, 1.82) is 0 Å². The van der Waals surface area contributed by atoms with Gasteiger partial charge in [0.2, 0.25) is 0 Å². The lowest BCUT2D eigenvalue weighted by atomic mass is 10.1. The topological polar surface area (TPSA) is 43.4 Å². The molecule has 0 saturated carbocycles. The van der Waals surface area contributed by atoms with Crippen LogP contribution >= 0.6 is 11.6 Å². The van der Waals surface area contributed by atoms with E-state index in [9.17, 15) is 9.59 Å². The average Bonchev–Trinajstić information content (AvgIpc) is 2.46. The average molecular weight is 289 g/mol. The summed E-state index contributed by atoms with van der Waals surface area (Å²) in [5.41, 5.74) is 1.10. The molecule has 4 heteroatoms. The molecule has 0 fully saturated rings. The van der Waals surface area contributed by atoms with Gasteiger partial charge in [-0.3, -0.25) is 9.59 Å². The maximum absolute atomic E-state index is 11.9. The van der Waals surface area contributed by atoms with Gasteiger partial charge in [-0.05, 0) is 43.3 Å². The van der Waals surface area contributed by atoms with Gasteiger partial charge in [0.15, 0.2) is 18.2 Å². The fourth-order valence-electron chi connectivity index (χ4n) is 1.67. The summed E-state index contributed by atoms with van der Waals surface area (Å²) in [6.07, 6.45) is 0. The number of hydrogen-bond donors (Lipinski definition) is 0. The lowest BCUT2D eigenvalue weighted by Crippen LogP contribution is -2.11. The molecule has 102 valence electrons. The predicted molar refractivity (Wildman–Crippen MR) is 77.7 cm³/mol. The van der Waals surface area contributed by atoms with E-state index in [-0.39, 0.29) is 18.2 Å². The van der Waals surface area contributed by atoms with Crippen molar-refractivity contribution in [2.75, 3.05) is 6.61 Å². The second-order valence-corrected chi connectivity index (χ2v) is 4.74. The molecule has 0 atom stereocenters. The first-order valence-electron chi connectivity index (χ1n) is 6.09. The van der Waals surface area contributed by atoms with E-state index in [1.165, 1.54) is 6.92 Å². The number of benzene rings is 2. The summed E-state index contributed by atoms with van der Waals surface area (Å²) < 4.78 is 5.41. The van der Waals surface area contributed by atoms with Gasteiger partial charge in [-0.2, -0.15) is 0 Å². The summed E-state index contributed by atoms with van der Waals surface area (Å²) >= 11 is 5.76. The summed E-state index contributed by atoms with van der Waals surface area (Å²) in [5.74, 6) is 0.314. The molecule has 3 nitrogen and oxygen atoms in total. The van der Waals surface area contributed by atoms with Gasteiger partial charge in [-0.1, -0.05) is 23.7 Å². The molecule has 0 heterocycles. The number of carbonyl (C=O) groups is 2. The van der Waals surface area contributed by atoms with E-state index >= 15 is 0 Å². The number of ketones is 2. The molecule has 2 rings (SSSR count). The van der Waals surface area contributed by atoms with Crippen LogP contribution in [0.4, 0.5) is 0 Å². The minimum atomic E-state index is -0.144. The summed E-state index contributed by atoms with van der Waals surface area (Å²) in [5, 5.41) is 0.580. The number of rotatable bonds is 5. The zero-order valence-electron chi connectivity index (χ0n) is 10.9. The smallest absolute Gasteiger partial charge is 0.200 e. The highest BCUT2D eigenvalue weighted by Gasteiger charge is 2.07. The van der Waals surface area contributed by atoms with E-state index in [4.69, 9.17) is 16.3 Å². The Balaban J connectivity index is 2.01. The maximum Gasteiger partial charge on any atom is 0.200 e. The van der Waals surface area contributed by atoms with Gasteiger partial charge in [-0.25, -0.2) is 0 Å². The summed E-state index contributed by atoms with van der Waals surface area (Å²) in [4.78, 5) is 23.2. The second-order valence-electron chi connectivity index (χ2n) is 4.30. The minimum Gasteiger partial charge on any atom is -0.485 e. The quantitative estimate of drug-likeness (QED) is 0.786. The highest BCUT2D eigenvalue weighted by molar-refractivity contribution is 6.30. The van der Waals surface area contributed by atoms with Crippen molar-refractivity contribution in [3.63, 3.8) is 0 Å². The molecule has 0 amide bonds. The number of halogens is 1. The Kier molecular flexibility index (Phi) is 4.53. The Morgan fingerprint density at radius 1 is 1.05 bits per heavy atom. The van der Waals surface area contributed by atoms with Crippen LogP contribution < -0.4 is 4.74 Å². The fraction of sp³-hybridized carbons (Fsp3) is 0.125. The first-order valence-corrected chi connectivity index (χ1v) is 6.46. The first-order chi connectivity index (χ1) is 9.56. The van der Waals surface area contributed by atoms with Crippen molar-refractivity contribution in [1.82, 2.24) is 0 Å². The Labute approximate surface area is 122 Å². The molecule has 0 aliphatic rings. The number of ether oxygens (including phenoxy) is 1. The van der Waals surface area contributed by atoms with Gasteiger partial charge in [-0.15, -0.1) is 0 Å². The number of Topliss-reactive ketones (excluding diaryl/α,β-unsaturated/α-hetero) is 2. The zero-order valence-corrected chi connectivity index (χ0v) is 11.7. The van der Waals surface area contributed by atoms with Gasteiger partial charge >= 0.3 is 0 Å². The molecule has 2 aromatic carbocycles. The Bertz CT molecular complexity index is 632. The van der Waals surface area contributed by atoms with E-state index in [1.807, 2.05) is 0 Å².